The highest BCUT2D eigenvalue weighted by atomic mass is 31.0. The molecule has 1 radical (unpaired) electrons. The molecule has 1 heterocycles. The predicted molar refractivity (Wildman–Crippen MR) is 77.8 cm³/mol. The van der Waals surface area contributed by atoms with Gasteiger partial charge in [0.2, 0.25) is 0 Å². The van der Waals surface area contributed by atoms with Gasteiger partial charge in [0.05, 0.1) is 5.80 Å². The maximum Gasteiger partial charge on any atom is 0.182 e. The molecule has 0 amide bonds. The van der Waals surface area contributed by atoms with Crippen molar-refractivity contribution in [3.05, 3.63) is 72.3 Å². The second-order valence-corrected chi connectivity index (χ2v) is 4.76. The van der Waals surface area contributed by atoms with Crippen molar-refractivity contribution in [3.8, 4) is 23.0 Å². The van der Waals surface area contributed by atoms with Crippen LogP contribution in [0.1, 0.15) is 0 Å². The Hall–Kier alpha value is -2.18. The van der Waals surface area contributed by atoms with Gasteiger partial charge in [-0.3, -0.25) is 0 Å². The first-order chi connectivity index (χ1) is 9.42. The summed E-state index contributed by atoms with van der Waals surface area (Å²) in [5, 5.41) is 0. The minimum Gasteiger partial charge on any atom is -0.453 e. The zero-order valence-corrected chi connectivity index (χ0v) is 11.2. The van der Waals surface area contributed by atoms with E-state index in [0.717, 1.165) is 17.2 Å². The molecule has 0 aliphatic carbocycles. The van der Waals surface area contributed by atoms with Crippen LogP contribution in [-0.4, -0.2) is 0 Å². The molecule has 2 nitrogen and oxygen atoms in total. The van der Waals surface area contributed by atoms with Gasteiger partial charge in [0.25, 0.3) is 0 Å². The van der Waals surface area contributed by atoms with Crippen LogP contribution in [0.4, 0.5) is 0 Å². The van der Waals surface area contributed by atoms with Crippen molar-refractivity contribution in [1.82, 2.24) is 0 Å². The summed E-state index contributed by atoms with van der Waals surface area (Å²) in [5.41, 5.74) is 0. The van der Waals surface area contributed by atoms with E-state index in [2.05, 4.69) is 5.80 Å². The fraction of sp³-hybridized carbons (Fsp3) is 0. The first-order valence-corrected chi connectivity index (χ1v) is 7.04. The molecule has 19 heavy (non-hydrogen) atoms. The Balaban J connectivity index is 1.79. The maximum absolute atomic E-state index is 5.80. The zero-order valence-electron chi connectivity index (χ0n) is 10.2. The quantitative estimate of drug-likeness (QED) is 0.654. The molecule has 0 aliphatic heterocycles. The van der Waals surface area contributed by atoms with Gasteiger partial charge in [-0.05, 0) is 24.3 Å². The minimum atomic E-state index is 0.474. The molecular weight excluding hydrogens is 255 g/mol. The molecule has 1 unspecified atom stereocenters. The lowest BCUT2D eigenvalue weighted by Gasteiger charge is -2.08. The number of benzene rings is 2. The number of ether oxygens (including phenoxy) is 2. The largest absolute Gasteiger partial charge is 0.453 e. The summed E-state index contributed by atoms with van der Waals surface area (Å²) in [4.78, 5) is 0. The Labute approximate surface area is 113 Å². The van der Waals surface area contributed by atoms with Crippen LogP contribution < -0.4 is 9.47 Å². The van der Waals surface area contributed by atoms with Crippen LogP contribution in [-0.2, 0) is 0 Å². The SMILES string of the molecule is [c]1[pH]cc(Oc2ccccc2)c1Oc1ccccc1. The number of hydrogen-bond donors (Lipinski definition) is 0. The lowest BCUT2D eigenvalue weighted by Crippen LogP contribution is -1.86. The Morgan fingerprint density at radius 3 is 1.95 bits per heavy atom. The second kappa shape index (κ2) is 5.64. The monoisotopic (exact) mass is 267 g/mol. The van der Waals surface area contributed by atoms with Gasteiger partial charge in [-0.15, -0.1) is 8.19 Å². The average Bonchev–Trinajstić information content (AvgIpc) is 2.88. The molecule has 1 aromatic heterocycles. The molecule has 0 saturated carbocycles. The second-order valence-electron chi connectivity index (χ2n) is 3.94. The summed E-state index contributed by atoms with van der Waals surface area (Å²) in [6, 6.07) is 19.3. The van der Waals surface area contributed by atoms with E-state index in [4.69, 9.17) is 9.47 Å². The molecule has 0 bridgehead atoms. The van der Waals surface area contributed by atoms with E-state index in [1.807, 2.05) is 66.5 Å². The molecule has 1 atom stereocenters. The van der Waals surface area contributed by atoms with Crippen molar-refractivity contribution in [2.75, 3.05) is 0 Å². The predicted octanol–water partition coefficient (Wildman–Crippen LogP) is 5.10. The first kappa shape index (κ1) is 11.9. The smallest absolute Gasteiger partial charge is 0.182 e. The van der Waals surface area contributed by atoms with E-state index < -0.39 is 0 Å². The van der Waals surface area contributed by atoms with E-state index in [-0.39, 0.29) is 0 Å². The molecule has 2 aromatic carbocycles. The van der Waals surface area contributed by atoms with Gasteiger partial charge in [-0.25, -0.2) is 0 Å². The summed E-state index contributed by atoms with van der Waals surface area (Å²) in [6.45, 7) is 0. The molecule has 3 rings (SSSR count). The lowest BCUT2D eigenvalue weighted by atomic mass is 10.3. The van der Waals surface area contributed by atoms with Gasteiger partial charge in [0.1, 0.15) is 11.5 Å². The zero-order chi connectivity index (χ0) is 12.9. The minimum absolute atomic E-state index is 0.474. The fourth-order valence-corrected chi connectivity index (χ4v) is 2.37. The molecule has 0 N–H and O–H groups in total. The van der Waals surface area contributed by atoms with Crippen LogP contribution in [0.25, 0.3) is 0 Å². The summed E-state index contributed by atoms with van der Waals surface area (Å²) in [6.07, 6.45) is 0. The highest BCUT2D eigenvalue weighted by molar-refractivity contribution is 7.28. The maximum atomic E-state index is 5.80. The van der Waals surface area contributed by atoms with Crippen molar-refractivity contribution >= 4 is 8.19 Å². The molecule has 0 spiro atoms. The standard InChI is InChI=1S/C16H12O2P/c1-3-7-13(8-4-1)17-15-11-19-12-16(15)18-14-9-5-2-6-10-14/h1-11,19H. The van der Waals surface area contributed by atoms with Crippen LogP contribution in [0.5, 0.6) is 23.0 Å². The van der Waals surface area contributed by atoms with Crippen LogP contribution in [0, 0.1) is 5.80 Å². The Morgan fingerprint density at radius 2 is 1.32 bits per heavy atom. The van der Waals surface area contributed by atoms with E-state index in [1.54, 1.807) is 0 Å². The summed E-state index contributed by atoms with van der Waals surface area (Å²) in [5.74, 6) is 8.16. The topological polar surface area (TPSA) is 18.5 Å². The molecule has 0 fully saturated rings. The van der Waals surface area contributed by atoms with Crippen molar-refractivity contribution in [2.24, 2.45) is 0 Å². The van der Waals surface area contributed by atoms with Gasteiger partial charge in [-0.2, -0.15) is 0 Å². The van der Waals surface area contributed by atoms with E-state index in [1.165, 1.54) is 0 Å². The van der Waals surface area contributed by atoms with Crippen LogP contribution in [0.2, 0.25) is 0 Å². The third-order valence-corrected chi connectivity index (χ3v) is 3.32. The molecule has 93 valence electrons. The summed E-state index contributed by atoms with van der Waals surface area (Å²) < 4.78 is 11.6. The van der Waals surface area contributed by atoms with E-state index >= 15 is 0 Å². The third-order valence-electron chi connectivity index (χ3n) is 2.55. The van der Waals surface area contributed by atoms with E-state index in [9.17, 15) is 0 Å². The highest BCUT2D eigenvalue weighted by Gasteiger charge is 2.08. The molecule has 0 saturated heterocycles. The fourth-order valence-electron chi connectivity index (χ4n) is 1.67. The van der Waals surface area contributed by atoms with Crippen LogP contribution in [0.3, 0.4) is 0 Å². The molecular formula is C16H12O2P. The Bertz CT molecular complexity index is 576. The molecule has 3 heteroatoms. The molecule has 0 aliphatic rings. The normalized spacial score (nSPS) is 10.1. The van der Waals surface area contributed by atoms with Gasteiger partial charge in [-0.1, -0.05) is 36.4 Å². The number of rotatable bonds is 4. The average molecular weight is 267 g/mol. The first-order valence-electron chi connectivity index (χ1n) is 5.97. The van der Waals surface area contributed by atoms with Crippen molar-refractivity contribution in [3.63, 3.8) is 0 Å². The van der Waals surface area contributed by atoms with Crippen LogP contribution >= 0.6 is 8.19 Å². The van der Waals surface area contributed by atoms with Crippen molar-refractivity contribution in [1.29, 1.82) is 0 Å². The van der Waals surface area contributed by atoms with Crippen molar-refractivity contribution < 1.29 is 9.47 Å². The van der Waals surface area contributed by atoms with Gasteiger partial charge < -0.3 is 9.47 Å². The number of para-hydroxylation sites is 2. The summed E-state index contributed by atoms with van der Waals surface area (Å²) in [7, 11) is 0.474. The number of hydrogen-bond acceptors (Lipinski definition) is 2. The van der Waals surface area contributed by atoms with Crippen molar-refractivity contribution in [2.45, 2.75) is 0 Å². The van der Waals surface area contributed by atoms with Gasteiger partial charge >= 0.3 is 0 Å². The third kappa shape index (κ3) is 2.98. The van der Waals surface area contributed by atoms with E-state index in [0.29, 0.717) is 13.9 Å². The lowest BCUT2D eigenvalue weighted by molar-refractivity contribution is 0.422. The Kier molecular flexibility index (Phi) is 3.53. The Morgan fingerprint density at radius 1 is 0.737 bits per heavy atom. The van der Waals surface area contributed by atoms with Gasteiger partial charge in [0, 0.05) is 5.80 Å². The highest BCUT2D eigenvalue weighted by Crippen LogP contribution is 2.39. The summed E-state index contributed by atoms with van der Waals surface area (Å²) >= 11 is 0. The molecule has 3 aromatic rings. The van der Waals surface area contributed by atoms with Crippen LogP contribution in [0.15, 0.2) is 66.5 Å². The van der Waals surface area contributed by atoms with Gasteiger partial charge in [0.15, 0.2) is 11.5 Å².